The van der Waals surface area contributed by atoms with Crippen molar-refractivity contribution in [3.8, 4) is 5.75 Å². The molecule has 1 heterocycles. The van der Waals surface area contributed by atoms with Gasteiger partial charge in [0.15, 0.2) is 21.1 Å². The van der Waals surface area contributed by atoms with Gasteiger partial charge in [-0.3, -0.25) is 4.79 Å². The van der Waals surface area contributed by atoms with Crippen LogP contribution in [0.25, 0.3) is 10.8 Å². The third-order valence-corrected chi connectivity index (χ3v) is 9.27. The van der Waals surface area contributed by atoms with Gasteiger partial charge in [0.2, 0.25) is 0 Å². The molecule has 200 valence electrons. The molecule has 1 unspecified atom stereocenters. The van der Waals surface area contributed by atoms with Crippen molar-refractivity contribution < 1.29 is 36.4 Å². The second kappa shape index (κ2) is 12.9. The van der Waals surface area contributed by atoms with E-state index in [1.54, 1.807) is 6.92 Å². The highest BCUT2D eigenvalue weighted by Crippen LogP contribution is 2.34. The summed E-state index contributed by atoms with van der Waals surface area (Å²) in [6.07, 6.45) is 0.730. The topological polar surface area (TPSA) is 104 Å². The van der Waals surface area contributed by atoms with Gasteiger partial charge in [0.1, 0.15) is 17.3 Å². The van der Waals surface area contributed by atoms with Crippen LogP contribution in [0.5, 0.6) is 5.75 Å². The van der Waals surface area contributed by atoms with Gasteiger partial charge in [-0.25, -0.2) is 8.42 Å². The average Bonchev–Trinajstić information content (AvgIpc) is 3.28. The number of fused-ring (bicyclic) bond motifs is 1. The Kier molecular flexibility index (Phi) is 12.2. The lowest BCUT2D eigenvalue weighted by Crippen LogP contribution is -2.44. The van der Waals surface area contributed by atoms with Gasteiger partial charge in [-0.2, -0.15) is 8.78 Å². The number of alkyl halides is 2. The van der Waals surface area contributed by atoms with Crippen molar-refractivity contribution in [2.75, 3.05) is 11.5 Å². The lowest BCUT2D eigenvalue weighted by molar-refractivity contribution is -0.170. The molecule has 2 aromatic rings. The first kappa shape index (κ1) is 33.1. The van der Waals surface area contributed by atoms with Crippen molar-refractivity contribution in [2.24, 2.45) is 5.41 Å². The third kappa shape index (κ3) is 7.79. The van der Waals surface area contributed by atoms with Crippen LogP contribution in [-0.4, -0.2) is 46.9 Å². The Morgan fingerprint density at radius 2 is 1.63 bits per heavy atom. The number of ether oxygens (including phenoxy) is 1. The quantitative estimate of drug-likeness (QED) is 0.273. The minimum Gasteiger partial charge on any atom is -0.743 e. The van der Waals surface area contributed by atoms with Crippen molar-refractivity contribution >= 4 is 37.8 Å². The van der Waals surface area contributed by atoms with Crippen LogP contribution in [0.3, 0.4) is 0 Å². The predicted molar refractivity (Wildman–Crippen MR) is 138 cm³/mol. The van der Waals surface area contributed by atoms with E-state index in [-0.39, 0.29) is 14.9 Å². The number of hydrogen-bond donors (Lipinski definition) is 1. The van der Waals surface area contributed by atoms with E-state index in [9.17, 15) is 31.7 Å². The Hall–Kier alpha value is -1.91. The molecule has 35 heavy (non-hydrogen) atoms. The standard InChI is InChI=1S/C14H14OS.C9H16F2O5S.2CH4/c15-13-7-8-14(16-9-3-4-10-16)12-6-2-1-5-11(12)13;1-5-8(3,4)7(12)16-6(2)9(10,11)17(13,14)15;;/h1-2,5-8H,3-4,9-10H2;6H,5H2,1-4H3,(H,13,14,15);2*1H4. The maximum Gasteiger partial charge on any atom is 0.369 e. The molecule has 0 aliphatic carbocycles. The zero-order chi connectivity index (χ0) is 25.0. The number of carbonyl (C=O) groups is 1. The van der Waals surface area contributed by atoms with Crippen molar-refractivity contribution in [1.29, 1.82) is 0 Å². The molecule has 1 N–H and O–H groups in total. The summed E-state index contributed by atoms with van der Waals surface area (Å²) >= 11 is 0. The fourth-order valence-corrected chi connectivity index (χ4v) is 6.07. The zero-order valence-electron chi connectivity index (χ0n) is 19.1. The fourth-order valence-electron chi connectivity index (χ4n) is 3.12. The molecule has 10 heteroatoms. The molecule has 1 saturated heterocycles. The van der Waals surface area contributed by atoms with Crippen molar-refractivity contribution in [1.82, 2.24) is 0 Å². The van der Waals surface area contributed by atoms with Gasteiger partial charge in [-0.05, 0) is 58.2 Å². The predicted octanol–water partition coefficient (Wildman–Crippen LogP) is 6.08. The van der Waals surface area contributed by atoms with Crippen LogP contribution in [0.4, 0.5) is 8.78 Å². The van der Waals surface area contributed by atoms with E-state index in [2.05, 4.69) is 22.9 Å². The van der Waals surface area contributed by atoms with Crippen LogP contribution in [-0.2, 0) is 30.5 Å². The van der Waals surface area contributed by atoms with E-state index in [0.717, 1.165) is 5.39 Å². The number of benzene rings is 2. The Balaban J connectivity index is 0.000000624. The molecule has 0 spiro atoms. The number of phenols is 1. The summed E-state index contributed by atoms with van der Waals surface area (Å²) in [5, 5.41) is 7.45. The molecule has 6 nitrogen and oxygen atoms in total. The second-order valence-electron chi connectivity index (χ2n) is 8.54. The number of carbonyl (C=O) groups excluding carboxylic acids is 1. The Labute approximate surface area is 211 Å². The largest absolute Gasteiger partial charge is 0.743 e. The summed E-state index contributed by atoms with van der Waals surface area (Å²) < 4.78 is 61.2. The Morgan fingerprint density at radius 3 is 2.11 bits per heavy atom. The maximum atomic E-state index is 13.0. The molecule has 0 aromatic heterocycles. The highest BCUT2D eigenvalue weighted by molar-refractivity contribution is 7.97. The highest BCUT2D eigenvalue weighted by Gasteiger charge is 2.47. The van der Waals surface area contributed by atoms with E-state index in [1.165, 1.54) is 48.5 Å². The summed E-state index contributed by atoms with van der Waals surface area (Å²) in [5.74, 6) is 2.08. The van der Waals surface area contributed by atoms with Gasteiger partial charge in [0.05, 0.1) is 5.41 Å². The normalized spacial score (nSPS) is 15.3. The molecule has 1 aliphatic rings. The van der Waals surface area contributed by atoms with Gasteiger partial charge in [-0.15, -0.1) is 0 Å². The zero-order valence-corrected chi connectivity index (χ0v) is 20.8. The number of hydrogen-bond acceptors (Lipinski definition) is 6. The molecule has 1 atom stereocenters. The van der Waals surface area contributed by atoms with Crippen LogP contribution >= 0.6 is 0 Å². The fraction of sp³-hybridized carbons (Fsp3) is 0.560. The van der Waals surface area contributed by atoms with E-state index in [1.807, 2.05) is 18.2 Å². The van der Waals surface area contributed by atoms with E-state index in [0.29, 0.717) is 30.0 Å². The minimum atomic E-state index is -5.86. The van der Waals surface area contributed by atoms with Crippen LogP contribution < -0.4 is 0 Å². The van der Waals surface area contributed by atoms with Gasteiger partial charge in [0.25, 0.3) is 0 Å². The number of aromatic hydroxyl groups is 1. The summed E-state index contributed by atoms with van der Waals surface area (Å²) in [5.41, 5.74) is -1.02. The van der Waals surface area contributed by atoms with Crippen LogP contribution in [0.2, 0.25) is 0 Å². The molecule has 0 bridgehead atoms. The molecule has 2 aromatic carbocycles. The lowest BCUT2D eigenvalue weighted by Gasteiger charge is -2.29. The van der Waals surface area contributed by atoms with E-state index >= 15 is 0 Å². The second-order valence-corrected chi connectivity index (χ2v) is 12.2. The van der Waals surface area contributed by atoms with E-state index in [4.69, 9.17) is 0 Å². The van der Waals surface area contributed by atoms with Crippen molar-refractivity contribution in [3.63, 3.8) is 0 Å². The number of phenolic OH excluding ortho intramolecular Hbond substituents is 1. The Bertz CT molecular complexity index is 1080. The Morgan fingerprint density at radius 1 is 1.11 bits per heavy atom. The monoisotopic (exact) mass is 536 g/mol. The summed E-state index contributed by atoms with van der Waals surface area (Å²) in [6, 6.07) is 12.2. The molecular formula is C25H38F2O6S2. The van der Waals surface area contributed by atoms with Crippen molar-refractivity contribution in [3.05, 3.63) is 36.4 Å². The smallest absolute Gasteiger partial charge is 0.369 e. The molecule has 0 saturated carbocycles. The van der Waals surface area contributed by atoms with Gasteiger partial charge < -0.3 is 14.4 Å². The lowest BCUT2D eigenvalue weighted by atomic mass is 9.91. The van der Waals surface area contributed by atoms with E-state index < -0.39 is 32.9 Å². The first-order valence-electron chi connectivity index (χ1n) is 10.6. The summed E-state index contributed by atoms with van der Waals surface area (Å²) in [7, 11) is -5.44. The van der Waals surface area contributed by atoms with Gasteiger partial charge >= 0.3 is 11.2 Å². The van der Waals surface area contributed by atoms with Crippen LogP contribution in [0, 0.1) is 5.41 Å². The summed E-state index contributed by atoms with van der Waals surface area (Å²) in [6.45, 7) is 5.24. The molecule has 3 rings (SSSR count). The third-order valence-electron chi connectivity index (χ3n) is 5.73. The van der Waals surface area contributed by atoms with Crippen LogP contribution in [0.1, 0.15) is 61.8 Å². The van der Waals surface area contributed by atoms with Gasteiger partial charge in [0, 0.05) is 21.7 Å². The number of halogens is 2. The molecular weight excluding hydrogens is 498 g/mol. The minimum absolute atomic E-state index is 0. The maximum absolute atomic E-state index is 13.0. The molecule has 1 aliphatic heterocycles. The SMILES string of the molecule is C.C.CCC(C)(C)C(=O)OC(C)C(F)(F)S(=O)(=O)[O-].Oc1ccc([S+]2CCCC2)c2ccccc12. The average molecular weight is 537 g/mol. The number of rotatable bonds is 6. The highest BCUT2D eigenvalue weighted by atomic mass is 32.2. The van der Waals surface area contributed by atoms with Gasteiger partial charge in [-0.1, -0.05) is 40.0 Å². The molecule has 0 radical (unpaired) electrons. The summed E-state index contributed by atoms with van der Waals surface area (Å²) in [4.78, 5) is 12.9. The molecule has 1 fully saturated rings. The van der Waals surface area contributed by atoms with Crippen LogP contribution in [0.15, 0.2) is 41.3 Å². The first-order valence-corrected chi connectivity index (χ1v) is 13.6. The molecule has 0 amide bonds. The first-order chi connectivity index (χ1) is 15.2. The number of esters is 1. The van der Waals surface area contributed by atoms with Crippen molar-refractivity contribution in [2.45, 2.75) is 78.1 Å².